The molecule has 0 unspecified atom stereocenters. The van der Waals surface area contributed by atoms with E-state index in [9.17, 15) is 0 Å². The van der Waals surface area contributed by atoms with Crippen molar-refractivity contribution in [1.82, 2.24) is 9.55 Å². The van der Waals surface area contributed by atoms with Crippen molar-refractivity contribution in [2.24, 2.45) is 0 Å². The molecule has 1 N–H and O–H groups in total. The summed E-state index contributed by atoms with van der Waals surface area (Å²) in [5, 5.41) is 8.75. The van der Waals surface area contributed by atoms with Crippen molar-refractivity contribution in [1.29, 1.82) is 0 Å². The van der Waals surface area contributed by atoms with Crippen LogP contribution >= 0.6 is 12.4 Å². The van der Waals surface area contributed by atoms with Gasteiger partial charge >= 0.3 is 0 Å². The molecule has 0 radical (unpaired) electrons. The molecule has 0 spiro atoms. The van der Waals surface area contributed by atoms with E-state index >= 15 is 0 Å². The summed E-state index contributed by atoms with van der Waals surface area (Å²) in [6.45, 7) is 0.765. The van der Waals surface area contributed by atoms with E-state index in [0.717, 1.165) is 11.0 Å². The lowest BCUT2D eigenvalue weighted by molar-refractivity contribution is 0.278. The quantitative estimate of drug-likeness (QED) is 0.793. The van der Waals surface area contributed by atoms with Crippen LogP contribution in [0.15, 0.2) is 30.6 Å². The van der Waals surface area contributed by atoms with E-state index in [2.05, 4.69) is 4.98 Å². The van der Waals surface area contributed by atoms with Gasteiger partial charge in [0.15, 0.2) is 0 Å². The smallest absolute Gasteiger partial charge is 0.0959 e. The molecule has 70 valence electrons. The third-order valence-electron chi connectivity index (χ3n) is 1.87. The molecule has 2 aromatic rings. The summed E-state index contributed by atoms with van der Waals surface area (Å²) in [5.74, 6) is 0. The number of fused-ring (bicyclic) bond motifs is 1. The fourth-order valence-corrected chi connectivity index (χ4v) is 1.30. The normalized spacial score (nSPS) is 9.92. The first-order chi connectivity index (χ1) is 5.92. The number of nitrogens with zero attached hydrogens (tertiary/aromatic N) is 2. The molecule has 1 heterocycles. The van der Waals surface area contributed by atoms with Crippen LogP contribution < -0.4 is 0 Å². The first-order valence-electron chi connectivity index (χ1n) is 3.92. The van der Waals surface area contributed by atoms with Crippen molar-refractivity contribution < 1.29 is 5.11 Å². The third-order valence-corrected chi connectivity index (χ3v) is 1.87. The van der Waals surface area contributed by atoms with E-state index in [-0.39, 0.29) is 19.0 Å². The molecule has 0 aliphatic rings. The van der Waals surface area contributed by atoms with Crippen molar-refractivity contribution in [2.75, 3.05) is 6.61 Å². The maximum atomic E-state index is 8.75. The highest BCUT2D eigenvalue weighted by molar-refractivity contribution is 5.85. The van der Waals surface area contributed by atoms with Gasteiger partial charge in [-0.25, -0.2) is 4.98 Å². The molecule has 0 bridgehead atoms. The Bertz CT molecular complexity index is 386. The van der Waals surface area contributed by atoms with Gasteiger partial charge in [-0.3, -0.25) is 0 Å². The van der Waals surface area contributed by atoms with E-state index in [4.69, 9.17) is 5.11 Å². The molecule has 4 heteroatoms. The first-order valence-corrected chi connectivity index (χ1v) is 3.92. The highest BCUT2D eigenvalue weighted by Crippen LogP contribution is 2.10. The maximum Gasteiger partial charge on any atom is 0.0959 e. The van der Waals surface area contributed by atoms with Gasteiger partial charge in [-0.15, -0.1) is 12.4 Å². The molecule has 0 aliphatic heterocycles. The molecule has 1 aromatic carbocycles. The number of hydrogen-bond donors (Lipinski definition) is 1. The second-order valence-corrected chi connectivity index (χ2v) is 2.65. The van der Waals surface area contributed by atoms with E-state index < -0.39 is 0 Å². The van der Waals surface area contributed by atoms with Gasteiger partial charge in [-0.2, -0.15) is 0 Å². The van der Waals surface area contributed by atoms with E-state index in [1.165, 1.54) is 0 Å². The van der Waals surface area contributed by atoms with Gasteiger partial charge in [0.1, 0.15) is 0 Å². The zero-order valence-corrected chi connectivity index (χ0v) is 7.87. The number of aliphatic hydroxyl groups excluding tert-OH is 1. The largest absolute Gasteiger partial charge is 0.395 e. The summed E-state index contributed by atoms with van der Waals surface area (Å²) in [6.07, 6.45) is 1.75. The average molecular weight is 199 g/mol. The summed E-state index contributed by atoms with van der Waals surface area (Å²) in [5.41, 5.74) is 2.05. The van der Waals surface area contributed by atoms with Crippen LogP contribution in [0.3, 0.4) is 0 Å². The molecule has 0 amide bonds. The van der Waals surface area contributed by atoms with Gasteiger partial charge in [0.25, 0.3) is 0 Å². The van der Waals surface area contributed by atoms with Crippen molar-refractivity contribution in [3.63, 3.8) is 0 Å². The van der Waals surface area contributed by atoms with Crippen molar-refractivity contribution in [3.8, 4) is 0 Å². The topological polar surface area (TPSA) is 38.0 Å². The standard InChI is InChI=1S/C9H10N2O.ClH/c12-6-5-11-7-10-8-3-1-2-4-9(8)11;/h1-4,7,12H,5-6H2;1H. The van der Waals surface area contributed by atoms with Crippen LogP contribution in [0.4, 0.5) is 0 Å². The molecule has 2 rings (SSSR count). The Kier molecular flexibility index (Phi) is 3.28. The minimum absolute atomic E-state index is 0. The zero-order chi connectivity index (χ0) is 8.39. The zero-order valence-electron chi connectivity index (χ0n) is 7.05. The molecule has 13 heavy (non-hydrogen) atoms. The molecule has 0 aliphatic carbocycles. The second-order valence-electron chi connectivity index (χ2n) is 2.65. The number of aliphatic hydroxyl groups is 1. The summed E-state index contributed by atoms with van der Waals surface area (Å²) in [4.78, 5) is 4.19. The fraction of sp³-hybridized carbons (Fsp3) is 0.222. The fourth-order valence-electron chi connectivity index (χ4n) is 1.30. The average Bonchev–Trinajstić information content (AvgIpc) is 2.50. The highest BCUT2D eigenvalue weighted by atomic mass is 35.5. The van der Waals surface area contributed by atoms with Gasteiger partial charge in [0.2, 0.25) is 0 Å². The Morgan fingerprint density at radius 2 is 2.08 bits per heavy atom. The molecule has 1 aromatic heterocycles. The van der Waals surface area contributed by atoms with Gasteiger partial charge in [-0.05, 0) is 12.1 Å². The number of benzene rings is 1. The summed E-state index contributed by atoms with van der Waals surface area (Å²) >= 11 is 0. The van der Waals surface area contributed by atoms with Crippen LogP contribution in [0, 0.1) is 0 Å². The lowest BCUT2D eigenvalue weighted by Gasteiger charge is -1.98. The predicted octanol–water partition coefficient (Wildman–Crippen LogP) is 1.45. The number of hydrogen-bond acceptors (Lipinski definition) is 2. The Labute approximate surface area is 82.4 Å². The highest BCUT2D eigenvalue weighted by Gasteiger charge is 1.98. The van der Waals surface area contributed by atoms with Crippen LogP contribution in [0.1, 0.15) is 0 Å². The minimum Gasteiger partial charge on any atom is -0.395 e. The van der Waals surface area contributed by atoms with E-state index in [0.29, 0.717) is 6.54 Å². The Hall–Kier alpha value is -1.06. The lowest BCUT2D eigenvalue weighted by atomic mass is 10.3. The summed E-state index contributed by atoms with van der Waals surface area (Å²) in [7, 11) is 0. The van der Waals surface area contributed by atoms with Crippen LogP contribution in [0.25, 0.3) is 11.0 Å². The molecule has 0 fully saturated rings. The summed E-state index contributed by atoms with van der Waals surface area (Å²) in [6, 6.07) is 7.89. The number of para-hydroxylation sites is 2. The predicted molar refractivity (Wildman–Crippen MR) is 54.1 cm³/mol. The minimum atomic E-state index is 0. The lowest BCUT2D eigenvalue weighted by Crippen LogP contribution is -1.99. The van der Waals surface area contributed by atoms with Crippen LogP contribution in [-0.4, -0.2) is 21.3 Å². The van der Waals surface area contributed by atoms with Crippen LogP contribution in [0.2, 0.25) is 0 Å². The Morgan fingerprint density at radius 1 is 1.31 bits per heavy atom. The SMILES string of the molecule is Cl.OCCn1cnc2ccccc21. The van der Waals surface area contributed by atoms with Crippen molar-refractivity contribution in [3.05, 3.63) is 30.6 Å². The molecular weight excluding hydrogens is 188 g/mol. The number of aromatic nitrogens is 2. The van der Waals surface area contributed by atoms with Gasteiger partial charge < -0.3 is 9.67 Å². The van der Waals surface area contributed by atoms with E-state index in [1.807, 2.05) is 28.8 Å². The number of rotatable bonds is 2. The molecular formula is C9H11ClN2O. The first kappa shape index (κ1) is 10.0. The molecule has 0 saturated carbocycles. The monoisotopic (exact) mass is 198 g/mol. The van der Waals surface area contributed by atoms with Crippen LogP contribution in [0.5, 0.6) is 0 Å². The molecule has 0 saturated heterocycles. The molecule has 3 nitrogen and oxygen atoms in total. The maximum absolute atomic E-state index is 8.75. The van der Waals surface area contributed by atoms with E-state index in [1.54, 1.807) is 6.33 Å². The van der Waals surface area contributed by atoms with Crippen molar-refractivity contribution >= 4 is 23.4 Å². The van der Waals surface area contributed by atoms with Gasteiger partial charge in [0, 0.05) is 6.54 Å². The van der Waals surface area contributed by atoms with Crippen LogP contribution in [-0.2, 0) is 6.54 Å². The second kappa shape index (κ2) is 4.25. The van der Waals surface area contributed by atoms with Gasteiger partial charge in [-0.1, -0.05) is 12.1 Å². The summed E-state index contributed by atoms with van der Waals surface area (Å²) < 4.78 is 1.94. The third kappa shape index (κ3) is 1.82. The molecule has 0 atom stereocenters. The Balaban J connectivity index is 0.000000845. The number of imidazole rings is 1. The Morgan fingerprint density at radius 3 is 2.85 bits per heavy atom. The van der Waals surface area contributed by atoms with Gasteiger partial charge in [0.05, 0.1) is 24.0 Å². The number of halogens is 1. The van der Waals surface area contributed by atoms with Crippen molar-refractivity contribution in [2.45, 2.75) is 6.54 Å².